The second-order valence-electron chi connectivity index (χ2n) is 4.53. The Morgan fingerprint density at radius 1 is 1.05 bits per heavy atom. The summed E-state index contributed by atoms with van der Waals surface area (Å²) in [4.78, 5) is 12.2. The van der Waals surface area contributed by atoms with Gasteiger partial charge in [0.25, 0.3) is 0 Å². The molecule has 2 unspecified atom stereocenters. The van der Waals surface area contributed by atoms with E-state index in [0.717, 1.165) is 11.1 Å². The lowest BCUT2D eigenvalue weighted by Crippen LogP contribution is -2.29. The number of alkyl halides is 1. The van der Waals surface area contributed by atoms with E-state index in [1.54, 1.807) is 6.07 Å². The summed E-state index contributed by atoms with van der Waals surface area (Å²) in [6.45, 7) is 1.88. The predicted octanol–water partition coefficient (Wildman–Crippen LogP) is 4.50. The fourth-order valence-electron chi connectivity index (χ4n) is 1.96. The van der Waals surface area contributed by atoms with Crippen molar-refractivity contribution in [2.24, 2.45) is 0 Å². The van der Waals surface area contributed by atoms with Crippen LogP contribution in [0.5, 0.6) is 0 Å². The van der Waals surface area contributed by atoms with E-state index in [4.69, 9.17) is 23.2 Å². The number of hydrogen-bond donors (Lipinski definition) is 1. The van der Waals surface area contributed by atoms with Crippen molar-refractivity contribution in [3.05, 3.63) is 70.7 Å². The number of carbonyl (C=O) groups is 1. The van der Waals surface area contributed by atoms with Crippen LogP contribution in [0, 0.1) is 0 Å². The molecule has 0 saturated carbocycles. The second kappa shape index (κ2) is 6.78. The minimum absolute atomic E-state index is 0.193. The molecule has 0 aliphatic rings. The van der Waals surface area contributed by atoms with Crippen LogP contribution in [0.2, 0.25) is 5.02 Å². The molecule has 1 amide bonds. The van der Waals surface area contributed by atoms with Gasteiger partial charge in [-0.1, -0.05) is 60.1 Å². The zero-order valence-electron chi connectivity index (χ0n) is 11.0. The van der Waals surface area contributed by atoms with Gasteiger partial charge in [-0.3, -0.25) is 4.79 Å². The van der Waals surface area contributed by atoms with E-state index in [0.29, 0.717) is 5.02 Å². The number of benzene rings is 2. The number of halogens is 2. The first-order chi connectivity index (χ1) is 9.59. The molecule has 4 heteroatoms. The van der Waals surface area contributed by atoms with Gasteiger partial charge in [-0.15, -0.1) is 11.6 Å². The topological polar surface area (TPSA) is 29.1 Å². The van der Waals surface area contributed by atoms with E-state index >= 15 is 0 Å². The van der Waals surface area contributed by atoms with Gasteiger partial charge in [-0.25, -0.2) is 0 Å². The number of nitrogens with one attached hydrogen (secondary N) is 1. The summed E-state index contributed by atoms with van der Waals surface area (Å²) in [5.41, 5.74) is 1.65. The highest BCUT2D eigenvalue weighted by molar-refractivity contribution is 6.31. The molecule has 2 aromatic carbocycles. The molecule has 0 aliphatic carbocycles. The maximum Gasteiger partial charge on any atom is 0.243 e. The summed E-state index contributed by atoms with van der Waals surface area (Å²) in [5.74, 6) is -0.231. The summed E-state index contributed by atoms with van der Waals surface area (Å²) in [6.07, 6.45) is 0. The normalized spacial score (nSPS) is 13.6. The zero-order chi connectivity index (χ0) is 14.5. The lowest BCUT2D eigenvalue weighted by molar-refractivity contribution is -0.121. The molecule has 20 heavy (non-hydrogen) atoms. The van der Waals surface area contributed by atoms with Gasteiger partial charge in [0.1, 0.15) is 5.38 Å². The van der Waals surface area contributed by atoms with Gasteiger partial charge in [0.15, 0.2) is 0 Å². The predicted molar refractivity (Wildman–Crippen MR) is 83.0 cm³/mol. The molecule has 0 spiro atoms. The molecule has 2 nitrogen and oxygen atoms in total. The van der Waals surface area contributed by atoms with Crippen LogP contribution in [0.15, 0.2) is 54.6 Å². The maximum atomic E-state index is 12.2. The third-order valence-corrected chi connectivity index (χ3v) is 3.85. The van der Waals surface area contributed by atoms with E-state index in [1.807, 2.05) is 55.5 Å². The third-order valence-electron chi connectivity index (χ3n) is 3.05. The van der Waals surface area contributed by atoms with Crippen molar-refractivity contribution >= 4 is 29.1 Å². The molecule has 0 aliphatic heterocycles. The van der Waals surface area contributed by atoms with Gasteiger partial charge >= 0.3 is 0 Å². The highest BCUT2D eigenvalue weighted by Crippen LogP contribution is 2.25. The molecule has 0 bridgehead atoms. The van der Waals surface area contributed by atoms with Crippen LogP contribution < -0.4 is 5.32 Å². The van der Waals surface area contributed by atoms with Crippen molar-refractivity contribution in [3.8, 4) is 0 Å². The minimum Gasteiger partial charge on any atom is -0.348 e. The summed E-state index contributed by atoms with van der Waals surface area (Å²) >= 11 is 12.3. The molecule has 2 atom stereocenters. The summed E-state index contributed by atoms with van der Waals surface area (Å²) in [6, 6.07) is 16.5. The highest BCUT2D eigenvalue weighted by Gasteiger charge is 2.20. The minimum atomic E-state index is -0.707. The first-order valence-corrected chi connectivity index (χ1v) is 7.15. The van der Waals surface area contributed by atoms with Gasteiger partial charge in [0.05, 0.1) is 6.04 Å². The summed E-state index contributed by atoms with van der Waals surface area (Å²) in [7, 11) is 0. The second-order valence-corrected chi connectivity index (χ2v) is 5.37. The molecule has 0 radical (unpaired) electrons. The van der Waals surface area contributed by atoms with Crippen LogP contribution in [-0.2, 0) is 4.79 Å². The summed E-state index contributed by atoms with van der Waals surface area (Å²) < 4.78 is 0. The summed E-state index contributed by atoms with van der Waals surface area (Å²) in [5, 5.41) is 2.80. The molecule has 0 aromatic heterocycles. The monoisotopic (exact) mass is 307 g/mol. The number of rotatable bonds is 4. The van der Waals surface area contributed by atoms with E-state index in [2.05, 4.69) is 5.32 Å². The fourth-order valence-corrected chi connectivity index (χ4v) is 2.47. The molecular weight excluding hydrogens is 293 g/mol. The van der Waals surface area contributed by atoms with Gasteiger partial charge in [-0.2, -0.15) is 0 Å². The molecule has 2 aromatic rings. The molecule has 104 valence electrons. The molecule has 0 heterocycles. The third kappa shape index (κ3) is 3.53. The number of carbonyl (C=O) groups excluding carboxylic acids is 1. The van der Waals surface area contributed by atoms with Crippen LogP contribution in [-0.4, -0.2) is 5.91 Å². The Balaban J connectivity index is 2.07. The molecule has 0 fully saturated rings. The van der Waals surface area contributed by atoms with Crippen molar-refractivity contribution in [1.29, 1.82) is 0 Å². The lowest BCUT2D eigenvalue weighted by Gasteiger charge is -2.18. The van der Waals surface area contributed by atoms with Crippen molar-refractivity contribution in [2.45, 2.75) is 18.3 Å². The van der Waals surface area contributed by atoms with Crippen LogP contribution in [0.25, 0.3) is 0 Å². The van der Waals surface area contributed by atoms with Crippen LogP contribution >= 0.6 is 23.2 Å². The Kier molecular flexibility index (Phi) is 5.05. The smallest absolute Gasteiger partial charge is 0.243 e. The lowest BCUT2D eigenvalue weighted by atomic mass is 10.1. The van der Waals surface area contributed by atoms with Crippen molar-refractivity contribution in [2.75, 3.05) is 0 Å². The van der Waals surface area contributed by atoms with E-state index in [9.17, 15) is 4.79 Å². The van der Waals surface area contributed by atoms with Gasteiger partial charge in [0.2, 0.25) is 5.91 Å². The Hall–Kier alpha value is -1.51. The SMILES string of the molecule is CC(NC(=O)C(Cl)c1ccccc1)c1ccccc1Cl. The fraction of sp³-hybridized carbons (Fsp3) is 0.188. The van der Waals surface area contributed by atoms with Crippen molar-refractivity contribution in [1.82, 2.24) is 5.32 Å². The largest absolute Gasteiger partial charge is 0.348 e. The van der Waals surface area contributed by atoms with Crippen molar-refractivity contribution in [3.63, 3.8) is 0 Å². The molecule has 1 N–H and O–H groups in total. The molecular formula is C16H15Cl2NO. The maximum absolute atomic E-state index is 12.2. The Labute approximate surface area is 128 Å². The van der Waals surface area contributed by atoms with E-state index in [1.165, 1.54) is 0 Å². The van der Waals surface area contributed by atoms with E-state index in [-0.39, 0.29) is 11.9 Å². The zero-order valence-corrected chi connectivity index (χ0v) is 12.5. The molecule has 0 saturated heterocycles. The number of amides is 1. The quantitative estimate of drug-likeness (QED) is 0.828. The Morgan fingerprint density at radius 2 is 1.65 bits per heavy atom. The standard InChI is InChI=1S/C16H15Cl2NO/c1-11(13-9-5-6-10-14(13)17)19-16(20)15(18)12-7-3-2-4-8-12/h2-11,15H,1H3,(H,19,20). The van der Waals surface area contributed by atoms with Gasteiger partial charge in [-0.05, 0) is 24.1 Å². The van der Waals surface area contributed by atoms with Crippen LogP contribution in [0.1, 0.15) is 29.5 Å². The van der Waals surface area contributed by atoms with Gasteiger partial charge < -0.3 is 5.32 Å². The van der Waals surface area contributed by atoms with Gasteiger partial charge in [0, 0.05) is 5.02 Å². The average molecular weight is 308 g/mol. The average Bonchev–Trinajstić information content (AvgIpc) is 2.47. The Morgan fingerprint density at radius 3 is 2.30 bits per heavy atom. The van der Waals surface area contributed by atoms with Crippen molar-refractivity contribution < 1.29 is 4.79 Å². The molecule has 2 rings (SSSR count). The van der Waals surface area contributed by atoms with E-state index < -0.39 is 5.38 Å². The highest BCUT2D eigenvalue weighted by atomic mass is 35.5. The van der Waals surface area contributed by atoms with Crippen LogP contribution in [0.3, 0.4) is 0 Å². The first kappa shape index (κ1) is 14.9. The number of hydrogen-bond acceptors (Lipinski definition) is 1. The van der Waals surface area contributed by atoms with Crippen LogP contribution in [0.4, 0.5) is 0 Å². The Bertz CT molecular complexity index is 586. The first-order valence-electron chi connectivity index (χ1n) is 6.33.